The Kier molecular flexibility index (Phi) is 5.71. The third-order valence-electron chi connectivity index (χ3n) is 4.03. The molecule has 136 valence electrons. The SMILES string of the molecule is C=CC(=O)N[C@@H]1CCC[C@H]1C(=O)Nc1ccc(OC(F)(F)F)c(C)c1. The third kappa shape index (κ3) is 5.23. The van der Waals surface area contributed by atoms with Gasteiger partial charge in [-0.15, -0.1) is 13.2 Å². The topological polar surface area (TPSA) is 67.4 Å². The van der Waals surface area contributed by atoms with Crippen LogP contribution < -0.4 is 15.4 Å². The Bertz CT molecular complexity index is 674. The first-order valence-electron chi connectivity index (χ1n) is 7.80. The minimum Gasteiger partial charge on any atom is -0.406 e. The van der Waals surface area contributed by atoms with Gasteiger partial charge >= 0.3 is 6.36 Å². The number of anilines is 1. The number of aryl methyl sites for hydroxylation is 1. The third-order valence-corrected chi connectivity index (χ3v) is 4.03. The number of hydrogen-bond donors (Lipinski definition) is 2. The quantitative estimate of drug-likeness (QED) is 0.796. The van der Waals surface area contributed by atoms with Crippen LogP contribution in [0.3, 0.4) is 0 Å². The van der Waals surface area contributed by atoms with Gasteiger partial charge in [-0.25, -0.2) is 0 Å². The summed E-state index contributed by atoms with van der Waals surface area (Å²) in [5.41, 5.74) is 0.621. The molecule has 2 rings (SSSR count). The molecule has 1 aromatic carbocycles. The van der Waals surface area contributed by atoms with Gasteiger partial charge in [-0.1, -0.05) is 13.0 Å². The van der Waals surface area contributed by atoms with Gasteiger partial charge in [0.15, 0.2) is 0 Å². The molecule has 0 spiro atoms. The molecule has 0 unspecified atom stereocenters. The number of benzene rings is 1. The van der Waals surface area contributed by atoms with E-state index in [9.17, 15) is 22.8 Å². The van der Waals surface area contributed by atoms with Crippen molar-refractivity contribution in [1.29, 1.82) is 0 Å². The second-order valence-electron chi connectivity index (χ2n) is 5.87. The van der Waals surface area contributed by atoms with Crippen LogP contribution in [0.1, 0.15) is 24.8 Å². The van der Waals surface area contributed by atoms with Crippen LogP contribution in [-0.2, 0) is 9.59 Å². The molecule has 0 aliphatic heterocycles. The van der Waals surface area contributed by atoms with Crippen LogP contribution in [0.15, 0.2) is 30.9 Å². The average Bonchev–Trinajstić information content (AvgIpc) is 2.97. The van der Waals surface area contributed by atoms with Crippen molar-refractivity contribution in [2.24, 2.45) is 5.92 Å². The van der Waals surface area contributed by atoms with Gasteiger partial charge in [0, 0.05) is 11.7 Å². The van der Waals surface area contributed by atoms with E-state index >= 15 is 0 Å². The highest BCUT2D eigenvalue weighted by Gasteiger charge is 2.34. The monoisotopic (exact) mass is 356 g/mol. The van der Waals surface area contributed by atoms with E-state index in [1.807, 2.05) is 0 Å². The molecule has 2 N–H and O–H groups in total. The van der Waals surface area contributed by atoms with E-state index in [2.05, 4.69) is 21.9 Å². The molecular formula is C17H19F3N2O3. The van der Waals surface area contributed by atoms with Crippen molar-refractivity contribution >= 4 is 17.5 Å². The van der Waals surface area contributed by atoms with Crippen molar-refractivity contribution < 1.29 is 27.5 Å². The molecule has 0 radical (unpaired) electrons. The summed E-state index contributed by atoms with van der Waals surface area (Å²) < 4.78 is 40.7. The maximum absolute atomic E-state index is 12.4. The standard InChI is InChI=1S/C17H19F3N2O3/c1-3-15(23)22-13-6-4-5-12(13)16(24)21-11-7-8-14(10(2)9-11)25-17(18,19)20/h3,7-9,12-13H,1,4-6H2,2H3,(H,21,24)(H,22,23)/t12-,13-/m1/s1. The zero-order chi connectivity index (χ0) is 18.6. The molecule has 1 fully saturated rings. The lowest BCUT2D eigenvalue weighted by molar-refractivity contribution is -0.274. The largest absolute Gasteiger partial charge is 0.573 e. The van der Waals surface area contributed by atoms with Gasteiger partial charge < -0.3 is 15.4 Å². The van der Waals surface area contributed by atoms with E-state index in [1.54, 1.807) is 0 Å². The van der Waals surface area contributed by atoms with Crippen molar-refractivity contribution in [3.63, 3.8) is 0 Å². The summed E-state index contributed by atoms with van der Waals surface area (Å²) in [7, 11) is 0. The molecule has 5 nitrogen and oxygen atoms in total. The van der Waals surface area contributed by atoms with E-state index in [-0.39, 0.29) is 29.2 Å². The average molecular weight is 356 g/mol. The van der Waals surface area contributed by atoms with Crippen molar-refractivity contribution in [1.82, 2.24) is 5.32 Å². The van der Waals surface area contributed by atoms with Gasteiger partial charge in [-0.05, 0) is 49.6 Å². The predicted molar refractivity (Wildman–Crippen MR) is 86.0 cm³/mol. The number of carbonyl (C=O) groups is 2. The summed E-state index contributed by atoms with van der Waals surface area (Å²) in [6, 6.07) is 3.63. The number of alkyl halides is 3. The van der Waals surface area contributed by atoms with Gasteiger partial charge in [0.2, 0.25) is 11.8 Å². The van der Waals surface area contributed by atoms with Crippen molar-refractivity contribution in [2.45, 2.75) is 38.6 Å². The van der Waals surface area contributed by atoms with E-state index in [1.165, 1.54) is 19.1 Å². The molecule has 1 saturated carbocycles. The lowest BCUT2D eigenvalue weighted by Crippen LogP contribution is -2.41. The first kappa shape index (κ1) is 18.8. The molecule has 0 aromatic heterocycles. The highest BCUT2D eigenvalue weighted by Crippen LogP contribution is 2.30. The van der Waals surface area contributed by atoms with Gasteiger partial charge in [-0.3, -0.25) is 9.59 Å². The molecule has 25 heavy (non-hydrogen) atoms. The van der Waals surface area contributed by atoms with Crippen LogP contribution in [0.2, 0.25) is 0 Å². The fraction of sp³-hybridized carbons (Fsp3) is 0.412. The maximum Gasteiger partial charge on any atom is 0.573 e. The molecule has 0 heterocycles. The summed E-state index contributed by atoms with van der Waals surface area (Å²) in [4.78, 5) is 23.8. The Morgan fingerprint density at radius 3 is 2.64 bits per heavy atom. The molecule has 2 amide bonds. The molecule has 1 aliphatic carbocycles. The summed E-state index contributed by atoms with van der Waals surface area (Å²) in [5, 5.41) is 5.41. The van der Waals surface area contributed by atoms with Crippen LogP contribution >= 0.6 is 0 Å². The van der Waals surface area contributed by atoms with Crippen LogP contribution in [0.4, 0.5) is 18.9 Å². The van der Waals surface area contributed by atoms with Crippen molar-refractivity contribution in [2.75, 3.05) is 5.32 Å². The fourth-order valence-electron chi connectivity index (χ4n) is 2.89. The second-order valence-corrected chi connectivity index (χ2v) is 5.87. The van der Waals surface area contributed by atoms with Gasteiger partial charge in [0.05, 0.1) is 5.92 Å². The zero-order valence-corrected chi connectivity index (χ0v) is 13.7. The highest BCUT2D eigenvalue weighted by atomic mass is 19.4. The molecule has 1 aliphatic rings. The lowest BCUT2D eigenvalue weighted by atomic mass is 10.0. The number of ether oxygens (including phenoxy) is 1. The van der Waals surface area contributed by atoms with E-state index < -0.39 is 12.3 Å². The molecule has 2 atom stereocenters. The second kappa shape index (κ2) is 7.58. The van der Waals surface area contributed by atoms with Crippen LogP contribution in [0, 0.1) is 12.8 Å². The smallest absolute Gasteiger partial charge is 0.406 e. The normalized spacial score (nSPS) is 20.0. The molecule has 0 bridgehead atoms. The minimum absolute atomic E-state index is 0.248. The van der Waals surface area contributed by atoms with Crippen molar-refractivity contribution in [3.8, 4) is 5.75 Å². The van der Waals surface area contributed by atoms with Crippen LogP contribution in [0.25, 0.3) is 0 Å². The van der Waals surface area contributed by atoms with Crippen LogP contribution in [-0.4, -0.2) is 24.2 Å². The number of halogens is 3. The molecule has 0 saturated heterocycles. The summed E-state index contributed by atoms with van der Waals surface area (Å²) in [6.45, 7) is 4.84. The Morgan fingerprint density at radius 2 is 2.04 bits per heavy atom. The highest BCUT2D eigenvalue weighted by molar-refractivity contribution is 5.94. The van der Waals surface area contributed by atoms with Gasteiger partial charge in [0.25, 0.3) is 0 Å². The summed E-state index contributed by atoms with van der Waals surface area (Å²) in [5.74, 6) is -1.33. The van der Waals surface area contributed by atoms with E-state index in [0.717, 1.165) is 18.6 Å². The molecule has 8 heteroatoms. The fourth-order valence-corrected chi connectivity index (χ4v) is 2.89. The molecule has 1 aromatic rings. The van der Waals surface area contributed by atoms with Crippen molar-refractivity contribution in [3.05, 3.63) is 36.4 Å². The lowest BCUT2D eigenvalue weighted by Gasteiger charge is -2.20. The van der Waals surface area contributed by atoms with E-state index in [0.29, 0.717) is 18.5 Å². The Labute approximate surface area is 143 Å². The summed E-state index contributed by atoms with van der Waals surface area (Å²) in [6.07, 6.45) is -1.50. The zero-order valence-electron chi connectivity index (χ0n) is 13.7. The predicted octanol–water partition coefficient (Wildman–Crippen LogP) is 3.30. The van der Waals surface area contributed by atoms with E-state index in [4.69, 9.17) is 0 Å². The molecular weight excluding hydrogens is 337 g/mol. The first-order chi connectivity index (χ1) is 11.7. The summed E-state index contributed by atoms with van der Waals surface area (Å²) >= 11 is 0. The first-order valence-corrected chi connectivity index (χ1v) is 7.80. The minimum atomic E-state index is -4.77. The number of rotatable bonds is 5. The Morgan fingerprint density at radius 1 is 1.32 bits per heavy atom. The number of hydrogen-bond acceptors (Lipinski definition) is 3. The Balaban J connectivity index is 2.03. The number of nitrogens with one attached hydrogen (secondary N) is 2. The number of amides is 2. The van der Waals surface area contributed by atoms with Crippen LogP contribution in [0.5, 0.6) is 5.75 Å². The van der Waals surface area contributed by atoms with Gasteiger partial charge in [-0.2, -0.15) is 0 Å². The number of carbonyl (C=O) groups excluding carboxylic acids is 2. The van der Waals surface area contributed by atoms with Gasteiger partial charge in [0.1, 0.15) is 5.75 Å². The maximum atomic E-state index is 12.4. The Hall–Kier alpha value is -2.51.